The Morgan fingerprint density at radius 1 is 1.16 bits per heavy atom. The third-order valence-electron chi connectivity index (χ3n) is 4.30. The van der Waals surface area contributed by atoms with Crippen molar-refractivity contribution < 1.29 is 14.3 Å². The highest BCUT2D eigenvalue weighted by Gasteiger charge is 2.21. The van der Waals surface area contributed by atoms with Gasteiger partial charge in [-0.1, -0.05) is 61.0 Å². The van der Waals surface area contributed by atoms with Gasteiger partial charge >= 0.3 is 6.09 Å². The highest BCUT2D eigenvalue weighted by Crippen LogP contribution is 2.22. The zero-order chi connectivity index (χ0) is 22.2. The van der Waals surface area contributed by atoms with Crippen LogP contribution in [0.4, 0.5) is 10.5 Å². The number of aromatic nitrogens is 4. The van der Waals surface area contributed by atoms with Crippen molar-refractivity contribution in [1.82, 2.24) is 25.9 Å². The molecule has 2 aromatic carbocycles. The first-order valence-electron chi connectivity index (χ1n) is 9.73. The van der Waals surface area contributed by atoms with E-state index in [1.165, 1.54) is 18.2 Å². The molecule has 2 amide bonds. The van der Waals surface area contributed by atoms with Crippen LogP contribution < -0.4 is 10.6 Å². The molecular formula is C21H23ClN6O3. The molecule has 0 fully saturated rings. The molecule has 9 nitrogen and oxygen atoms in total. The molecule has 0 aliphatic heterocycles. The minimum absolute atomic E-state index is 0.127. The van der Waals surface area contributed by atoms with E-state index in [0.717, 1.165) is 5.56 Å². The largest absolute Gasteiger partial charge is 0.444 e. The van der Waals surface area contributed by atoms with Crippen LogP contribution >= 0.6 is 11.6 Å². The maximum Gasteiger partial charge on any atom is 0.411 e. The molecule has 3 rings (SSSR count). The van der Waals surface area contributed by atoms with Crippen molar-refractivity contribution in [2.24, 2.45) is 5.92 Å². The van der Waals surface area contributed by atoms with Gasteiger partial charge in [-0.2, -0.15) is 5.21 Å². The predicted molar refractivity (Wildman–Crippen MR) is 116 cm³/mol. The third kappa shape index (κ3) is 6.78. The lowest BCUT2D eigenvalue weighted by molar-refractivity contribution is 0.0929. The summed E-state index contributed by atoms with van der Waals surface area (Å²) in [5.41, 5.74) is 1.49. The number of hydrogen-bond donors (Lipinski definition) is 3. The summed E-state index contributed by atoms with van der Waals surface area (Å²) in [6.45, 7) is 4.19. The van der Waals surface area contributed by atoms with E-state index in [4.69, 9.17) is 16.3 Å². The number of halogens is 1. The number of amides is 2. The number of benzene rings is 2. The number of tetrazole rings is 1. The first kappa shape index (κ1) is 22.2. The first-order chi connectivity index (χ1) is 14.9. The zero-order valence-electron chi connectivity index (χ0n) is 17.1. The fourth-order valence-corrected chi connectivity index (χ4v) is 3.16. The van der Waals surface area contributed by atoms with Crippen molar-refractivity contribution >= 4 is 29.3 Å². The molecule has 0 aliphatic rings. The number of H-pyrrole nitrogens is 1. The van der Waals surface area contributed by atoms with E-state index < -0.39 is 12.1 Å². The number of rotatable bonds is 8. The molecule has 31 heavy (non-hydrogen) atoms. The molecule has 0 unspecified atom stereocenters. The summed E-state index contributed by atoms with van der Waals surface area (Å²) < 4.78 is 5.21. The monoisotopic (exact) mass is 442 g/mol. The molecule has 0 spiro atoms. The molecule has 0 radical (unpaired) electrons. The van der Waals surface area contributed by atoms with Gasteiger partial charge in [0.15, 0.2) is 5.82 Å². The molecule has 0 aliphatic carbocycles. The average Bonchev–Trinajstić information content (AvgIpc) is 3.26. The van der Waals surface area contributed by atoms with Crippen LogP contribution in [-0.4, -0.2) is 32.6 Å². The normalized spacial score (nSPS) is 11.7. The van der Waals surface area contributed by atoms with Crippen LogP contribution in [-0.2, 0) is 11.3 Å². The van der Waals surface area contributed by atoms with E-state index in [0.29, 0.717) is 28.9 Å². The fourth-order valence-electron chi connectivity index (χ4n) is 2.93. The van der Waals surface area contributed by atoms with Crippen LogP contribution in [0.15, 0.2) is 48.5 Å². The van der Waals surface area contributed by atoms with E-state index in [2.05, 4.69) is 31.3 Å². The minimum Gasteiger partial charge on any atom is -0.444 e. The van der Waals surface area contributed by atoms with E-state index >= 15 is 0 Å². The number of aromatic amines is 1. The van der Waals surface area contributed by atoms with Crippen LogP contribution in [0.5, 0.6) is 0 Å². The molecule has 3 N–H and O–H groups in total. The van der Waals surface area contributed by atoms with Crippen molar-refractivity contribution in [1.29, 1.82) is 0 Å². The maximum atomic E-state index is 12.8. The fraction of sp³-hybridized carbons (Fsp3) is 0.286. The molecule has 1 aromatic heterocycles. The lowest BCUT2D eigenvalue weighted by Gasteiger charge is -2.18. The SMILES string of the molecule is CC(C)C[C@H](NC(=O)c1cc(Cl)cc(NC(=O)OCc2ccccc2)c1)c1nn[nH]n1. The van der Waals surface area contributed by atoms with Crippen molar-refractivity contribution in [3.8, 4) is 0 Å². The molecular weight excluding hydrogens is 420 g/mol. The van der Waals surface area contributed by atoms with E-state index in [9.17, 15) is 9.59 Å². The van der Waals surface area contributed by atoms with Gasteiger partial charge in [-0.15, -0.1) is 10.2 Å². The van der Waals surface area contributed by atoms with Crippen LogP contribution in [0.3, 0.4) is 0 Å². The Morgan fingerprint density at radius 3 is 2.61 bits per heavy atom. The van der Waals surface area contributed by atoms with Crippen molar-refractivity contribution in [2.45, 2.75) is 32.9 Å². The molecule has 0 saturated carbocycles. The van der Waals surface area contributed by atoms with E-state index in [-0.39, 0.29) is 18.1 Å². The Bertz CT molecular complexity index is 1010. The molecule has 0 bridgehead atoms. The smallest absolute Gasteiger partial charge is 0.411 e. The van der Waals surface area contributed by atoms with Crippen molar-refractivity contribution in [2.75, 3.05) is 5.32 Å². The van der Waals surface area contributed by atoms with Gasteiger partial charge in [0.1, 0.15) is 6.61 Å². The van der Waals surface area contributed by atoms with Gasteiger partial charge in [0.05, 0.1) is 6.04 Å². The molecule has 10 heteroatoms. The maximum absolute atomic E-state index is 12.8. The Kier molecular flexibility index (Phi) is 7.55. The number of anilines is 1. The number of nitrogens with one attached hydrogen (secondary N) is 3. The molecule has 3 aromatic rings. The third-order valence-corrected chi connectivity index (χ3v) is 4.52. The molecule has 162 valence electrons. The summed E-state index contributed by atoms with van der Waals surface area (Å²) in [5.74, 6) is 0.311. The van der Waals surface area contributed by atoms with Gasteiger partial charge in [-0.05, 0) is 36.1 Å². The summed E-state index contributed by atoms with van der Waals surface area (Å²) in [7, 11) is 0. The van der Waals surface area contributed by atoms with Crippen LogP contribution in [0.1, 0.15) is 48.1 Å². The summed E-state index contributed by atoms with van der Waals surface area (Å²) >= 11 is 6.16. The van der Waals surface area contributed by atoms with Crippen LogP contribution in [0, 0.1) is 5.92 Å². The topological polar surface area (TPSA) is 122 Å². The van der Waals surface area contributed by atoms with Gasteiger partial charge in [-0.25, -0.2) is 4.79 Å². The van der Waals surface area contributed by atoms with Gasteiger partial charge in [0, 0.05) is 16.3 Å². The highest BCUT2D eigenvalue weighted by molar-refractivity contribution is 6.31. The quantitative estimate of drug-likeness (QED) is 0.482. The van der Waals surface area contributed by atoms with Crippen molar-refractivity contribution in [3.05, 3.63) is 70.5 Å². The summed E-state index contributed by atoms with van der Waals surface area (Å²) in [6.07, 6.45) is -0.0232. The minimum atomic E-state index is -0.651. The average molecular weight is 443 g/mol. The second-order valence-corrected chi connectivity index (χ2v) is 7.78. The van der Waals surface area contributed by atoms with Crippen LogP contribution in [0.25, 0.3) is 0 Å². The second-order valence-electron chi connectivity index (χ2n) is 7.34. The number of carbonyl (C=O) groups excluding carboxylic acids is 2. The predicted octanol–water partition coefficient (Wildman–Crippen LogP) is 4.12. The Hall–Kier alpha value is -3.46. The number of nitrogens with zero attached hydrogens (tertiary/aromatic N) is 3. The van der Waals surface area contributed by atoms with Crippen LogP contribution in [0.2, 0.25) is 5.02 Å². The Morgan fingerprint density at radius 2 is 1.94 bits per heavy atom. The van der Waals surface area contributed by atoms with Crippen molar-refractivity contribution in [3.63, 3.8) is 0 Å². The molecule has 0 saturated heterocycles. The first-order valence-corrected chi connectivity index (χ1v) is 10.1. The standard InChI is InChI=1S/C21H23ClN6O3/c1-13(2)8-18(19-25-27-28-26-19)24-20(29)15-9-16(22)11-17(10-15)23-21(30)31-12-14-6-4-3-5-7-14/h3-7,9-11,13,18H,8,12H2,1-2H3,(H,23,30)(H,24,29)(H,25,26,27,28)/t18-/m0/s1. The summed E-state index contributed by atoms with van der Waals surface area (Å²) in [5, 5.41) is 19.7. The number of carbonyl (C=O) groups is 2. The lowest BCUT2D eigenvalue weighted by atomic mass is 10.0. The Balaban J connectivity index is 1.66. The zero-order valence-corrected chi connectivity index (χ0v) is 17.9. The number of ether oxygens (including phenoxy) is 1. The Labute approximate surface area is 184 Å². The van der Waals surface area contributed by atoms with Gasteiger partial charge in [-0.3, -0.25) is 10.1 Å². The van der Waals surface area contributed by atoms with Gasteiger partial charge in [0.2, 0.25) is 0 Å². The van der Waals surface area contributed by atoms with Gasteiger partial charge in [0.25, 0.3) is 5.91 Å². The highest BCUT2D eigenvalue weighted by atomic mass is 35.5. The summed E-state index contributed by atoms with van der Waals surface area (Å²) in [4.78, 5) is 25.0. The second kappa shape index (κ2) is 10.5. The molecule has 1 atom stereocenters. The summed E-state index contributed by atoms with van der Waals surface area (Å²) in [6, 6.07) is 13.5. The van der Waals surface area contributed by atoms with Gasteiger partial charge < -0.3 is 10.1 Å². The van der Waals surface area contributed by atoms with E-state index in [1.54, 1.807) is 0 Å². The molecule has 1 heterocycles. The lowest BCUT2D eigenvalue weighted by Crippen LogP contribution is -2.30. The van der Waals surface area contributed by atoms with E-state index in [1.807, 2.05) is 44.2 Å². The number of hydrogen-bond acceptors (Lipinski definition) is 6.